The van der Waals surface area contributed by atoms with Gasteiger partial charge in [-0.3, -0.25) is 0 Å². The summed E-state index contributed by atoms with van der Waals surface area (Å²) in [6.07, 6.45) is -0.996. The zero-order valence-electron chi connectivity index (χ0n) is 9.31. The van der Waals surface area contributed by atoms with Crippen LogP contribution in [0.15, 0.2) is 23.1 Å². The van der Waals surface area contributed by atoms with Gasteiger partial charge in [0.15, 0.2) is 16.1 Å². The smallest absolute Gasteiger partial charge is 0.186 e. The Morgan fingerprint density at radius 1 is 1.24 bits per heavy atom. The van der Waals surface area contributed by atoms with Gasteiger partial charge in [-0.05, 0) is 12.1 Å². The molecule has 0 radical (unpaired) electrons. The number of hydrogen-bond donors (Lipinski definition) is 0. The molecule has 17 heavy (non-hydrogen) atoms. The lowest BCUT2D eigenvalue weighted by atomic mass is 10.3. The van der Waals surface area contributed by atoms with Crippen molar-refractivity contribution in [1.82, 2.24) is 0 Å². The maximum Gasteiger partial charge on any atom is 0.186 e. The van der Waals surface area contributed by atoms with Crippen LogP contribution in [0.5, 0.6) is 0 Å². The molecule has 7 heteroatoms. The molecule has 0 aliphatic carbocycles. The van der Waals surface area contributed by atoms with E-state index < -0.39 is 38.4 Å². The average molecular weight is 266 g/mol. The molecule has 0 aliphatic rings. The first kappa shape index (κ1) is 14.0. The quantitative estimate of drug-likeness (QED) is 0.596. The largest absolute Gasteiger partial charge is 0.355 e. The monoisotopic (exact) mass is 266 g/mol. The van der Waals surface area contributed by atoms with E-state index in [2.05, 4.69) is 0 Å². The van der Waals surface area contributed by atoms with Gasteiger partial charge in [-0.2, -0.15) is 0 Å². The Kier molecular flexibility index (Phi) is 4.55. The summed E-state index contributed by atoms with van der Waals surface area (Å²) in [6.45, 7) is 0. The molecule has 1 aromatic rings. The number of sulfone groups is 1. The van der Waals surface area contributed by atoms with Crippen molar-refractivity contribution in [3.8, 4) is 0 Å². The van der Waals surface area contributed by atoms with E-state index in [1.54, 1.807) is 0 Å². The lowest BCUT2D eigenvalue weighted by molar-refractivity contribution is -0.0852. The van der Waals surface area contributed by atoms with Crippen molar-refractivity contribution in [3.63, 3.8) is 0 Å². The fourth-order valence-electron chi connectivity index (χ4n) is 1.23. The van der Waals surface area contributed by atoms with Gasteiger partial charge in [-0.25, -0.2) is 17.2 Å². The minimum atomic E-state index is -3.92. The molecular formula is C10H12F2O4S. The van der Waals surface area contributed by atoms with Crippen LogP contribution in [0.3, 0.4) is 0 Å². The van der Waals surface area contributed by atoms with Gasteiger partial charge in [0.2, 0.25) is 0 Å². The molecule has 0 aliphatic heterocycles. The van der Waals surface area contributed by atoms with Gasteiger partial charge >= 0.3 is 0 Å². The topological polar surface area (TPSA) is 52.6 Å². The summed E-state index contributed by atoms with van der Waals surface area (Å²) in [5, 5.41) is 0. The minimum absolute atomic E-state index is 0.515. The van der Waals surface area contributed by atoms with Crippen LogP contribution in [-0.4, -0.2) is 34.7 Å². The van der Waals surface area contributed by atoms with Crippen molar-refractivity contribution in [2.24, 2.45) is 0 Å². The predicted octanol–water partition coefficient (Wildman–Crippen LogP) is 1.36. The van der Waals surface area contributed by atoms with E-state index in [1.807, 2.05) is 0 Å². The van der Waals surface area contributed by atoms with Crippen LogP contribution in [0.1, 0.15) is 0 Å². The number of rotatable bonds is 5. The van der Waals surface area contributed by atoms with E-state index in [0.29, 0.717) is 6.07 Å². The molecule has 0 fully saturated rings. The van der Waals surface area contributed by atoms with E-state index in [1.165, 1.54) is 14.2 Å². The molecule has 1 rings (SSSR count). The van der Waals surface area contributed by atoms with Crippen molar-refractivity contribution in [2.45, 2.75) is 11.2 Å². The van der Waals surface area contributed by atoms with Crippen molar-refractivity contribution < 1.29 is 26.7 Å². The van der Waals surface area contributed by atoms with Crippen LogP contribution in [0.25, 0.3) is 0 Å². The van der Waals surface area contributed by atoms with Crippen LogP contribution >= 0.6 is 0 Å². The third-order valence-electron chi connectivity index (χ3n) is 2.11. The molecule has 0 heterocycles. The van der Waals surface area contributed by atoms with E-state index in [0.717, 1.165) is 12.1 Å². The van der Waals surface area contributed by atoms with Gasteiger partial charge < -0.3 is 9.47 Å². The van der Waals surface area contributed by atoms with E-state index in [9.17, 15) is 17.2 Å². The fraction of sp³-hybridized carbons (Fsp3) is 0.400. The highest BCUT2D eigenvalue weighted by molar-refractivity contribution is 7.91. The summed E-state index contributed by atoms with van der Waals surface area (Å²) in [4.78, 5) is -0.571. The van der Waals surface area contributed by atoms with Gasteiger partial charge in [-0.15, -0.1) is 0 Å². The second kappa shape index (κ2) is 5.52. The number of methoxy groups -OCH3 is 2. The Balaban J connectivity index is 3.05. The van der Waals surface area contributed by atoms with Gasteiger partial charge in [-0.1, -0.05) is 0 Å². The Hall–Kier alpha value is -1.05. The average Bonchev–Trinajstić information content (AvgIpc) is 2.25. The zero-order valence-corrected chi connectivity index (χ0v) is 10.1. The van der Waals surface area contributed by atoms with Crippen LogP contribution in [0, 0.1) is 11.6 Å². The van der Waals surface area contributed by atoms with Crippen LogP contribution in [-0.2, 0) is 19.3 Å². The number of hydrogen-bond acceptors (Lipinski definition) is 4. The second-order valence-corrected chi connectivity index (χ2v) is 5.26. The van der Waals surface area contributed by atoms with Crippen molar-refractivity contribution in [2.75, 3.05) is 20.0 Å². The Labute approximate surface area is 98.1 Å². The first-order valence-electron chi connectivity index (χ1n) is 4.64. The molecule has 0 saturated carbocycles. The third kappa shape index (κ3) is 3.45. The molecule has 0 spiro atoms. The Morgan fingerprint density at radius 3 is 2.29 bits per heavy atom. The normalized spacial score (nSPS) is 12.1. The van der Waals surface area contributed by atoms with Crippen LogP contribution < -0.4 is 0 Å². The zero-order chi connectivity index (χ0) is 13.1. The Bertz CT molecular complexity index is 483. The predicted molar refractivity (Wildman–Crippen MR) is 56.2 cm³/mol. The number of benzene rings is 1. The summed E-state index contributed by atoms with van der Waals surface area (Å²) in [5.41, 5.74) is 0. The summed E-state index contributed by atoms with van der Waals surface area (Å²) < 4.78 is 58.9. The first-order valence-corrected chi connectivity index (χ1v) is 6.29. The molecule has 96 valence electrons. The number of ether oxygens (including phenoxy) is 2. The fourth-order valence-corrected chi connectivity index (χ4v) is 2.67. The summed E-state index contributed by atoms with van der Waals surface area (Å²) >= 11 is 0. The molecule has 4 nitrogen and oxygen atoms in total. The maximum absolute atomic E-state index is 13.3. The standard InChI is InChI=1S/C10H12F2O4S/c1-15-10(16-2)6-17(13,14)9-4-3-7(11)5-8(9)12/h3-5,10H,6H2,1-2H3. The molecule has 0 N–H and O–H groups in total. The Morgan fingerprint density at radius 2 is 1.82 bits per heavy atom. The maximum atomic E-state index is 13.3. The van der Waals surface area contributed by atoms with Gasteiger partial charge in [0.25, 0.3) is 0 Å². The highest BCUT2D eigenvalue weighted by Gasteiger charge is 2.24. The van der Waals surface area contributed by atoms with Gasteiger partial charge in [0, 0.05) is 20.3 Å². The molecule has 0 saturated heterocycles. The molecule has 0 atom stereocenters. The molecule has 0 bridgehead atoms. The molecule has 0 unspecified atom stereocenters. The lowest BCUT2D eigenvalue weighted by Crippen LogP contribution is -2.25. The highest BCUT2D eigenvalue weighted by Crippen LogP contribution is 2.18. The van der Waals surface area contributed by atoms with Crippen molar-refractivity contribution in [3.05, 3.63) is 29.8 Å². The van der Waals surface area contributed by atoms with Crippen LogP contribution in [0.4, 0.5) is 8.78 Å². The van der Waals surface area contributed by atoms with Crippen molar-refractivity contribution >= 4 is 9.84 Å². The number of halogens is 2. The molecule has 0 aromatic heterocycles. The summed E-state index contributed by atoms with van der Waals surface area (Å²) in [6, 6.07) is 2.27. The van der Waals surface area contributed by atoms with Gasteiger partial charge in [0.05, 0.1) is 0 Å². The summed E-state index contributed by atoms with van der Waals surface area (Å²) in [5.74, 6) is -2.50. The van der Waals surface area contributed by atoms with E-state index in [4.69, 9.17) is 9.47 Å². The van der Waals surface area contributed by atoms with Crippen molar-refractivity contribution in [1.29, 1.82) is 0 Å². The lowest BCUT2D eigenvalue weighted by Gasteiger charge is -2.13. The highest BCUT2D eigenvalue weighted by atomic mass is 32.2. The SMILES string of the molecule is COC(CS(=O)(=O)c1ccc(F)cc1F)OC. The first-order chi connectivity index (χ1) is 7.90. The molecule has 1 aromatic carbocycles. The van der Waals surface area contributed by atoms with E-state index in [-0.39, 0.29) is 0 Å². The third-order valence-corrected chi connectivity index (χ3v) is 3.82. The van der Waals surface area contributed by atoms with E-state index >= 15 is 0 Å². The minimum Gasteiger partial charge on any atom is -0.355 e. The summed E-state index contributed by atoms with van der Waals surface area (Å²) in [7, 11) is -1.39. The second-order valence-electron chi connectivity index (χ2n) is 3.26. The molecular weight excluding hydrogens is 254 g/mol. The van der Waals surface area contributed by atoms with Crippen LogP contribution in [0.2, 0.25) is 0 Å². The van der Waals surface area contributed by atoms with Gasteiger partial charge in [0.1, 0.15) is 22.3 Å². The molecule has 0 amide bonds.